The van der Waals surface area contributed by atoms with Crippen molar-refractivity contribution in [3.05, 3.63) is 52.5 Å². The number of thiophene rings is 1. The van der Waals surface area contributed by atoms with Crippen molar-refractivity contribution in [1.29, 1.82) is 0 Å². The van der Waals surface area contributed by atoms with E-state index < -0.39 is 21.6 Å². The Morgan fingerprint density at radius 1 is 1.11 bits per heavy atom. The first-order valence-electron chi connectivity index (χ1n) is 8.68. The highest BCUT2D eigenvalue weighted by atomic mass is 32.2. The Morgan fingerprint density at radius 3 is 2.44 bits per heavy atom. The lowest BCUT2D eigenvalue weighted by Gasteiger charge is -2.42. The normalized spacial score (nSPS) is 20.3. The third-order valence-corrected chi connectivity index (χ3v) is 7.91. The third kappa shape index (κ3) is 3.29. The number of ether oxygens (including phenoxy) is 1. The fourth-order valence-electron chi connectivity index (χ4n) is 3.68. The zero-order chi connectivity index (χ0) is 19.1. The predicted octanol–water partition coefficient (Wildman–Crippen LogP) is 2.54. The Balaban J connectivity index is 1.53. The number of amides is 1. The molecule has 0 bridgehead atoms. The van der Waals surface area contributed by atoms with Crippen LogP contribution in [0.25, 0.3) is 0 Å². The van der Waals surface area contributed by atoms with Crippen LogP contribution in [0.2, 0.25) is 0 Å². The van der Waals surface area contributed by atoms with Gasteiger partial charge in [0.05, 0.1) is 16.4 Å². The molecule has 2 fully saturated rings. The molecule has 2 aliphatic rings. The summed E-state index contributed by atoms with van der Waals surface area (Å²) in [7, 11) is -3.80. The molecule has 2 aromatic rings. The van der Waals surface area contributed by atoms with Crippen molar-refractivity contribution >= 4 is 27.3 Å². The van der Waals surface area contributed by atoms with E-state index in [4.69, 9.17) is 4.74 Å². The van der Waals surface area contributed by atoms with Crippen LogP contribution >= 0.6 is 11.3 Å². The van der Waals surface area contributed by atoms with Crippen molar-refractivity contribution in [3.63, 3.8) is 0 Å². The van der Waals surface area contributed by atoms with Crippen LogP contribution in [0, 0.1) is 5.82 Å². The number of halogens is 1. The Hall–Kier alpha value is -1.81. The standard InChI is InChI=1S/C18H19FN2O4S2/c19-14-3-5-15(6-4-14)27(23,24)21-11-12-25-18(21)7-9-20(10-8-18)17(22)16-2-1-13-26-16/h1-6,13H,7-12H2. The molecule has 0 saturated carbocycles. The average Bonchev–Trinajstić information content (AvgIpc) is 3.33. The summed E-state index contributed by atoms with van der Waals surface area (Å²) in [6.07, 6.45) is 0.815. The van der Waals surface area contributed by atoms with Gasteiger partial charge in [-0.05, 0) is 35.7 Å². The highest BCUT2D eigenvalue weighted by Crippen LogP contribution is 2.38. The fourth-order valence-corrected chi connectivity index (χ4v) is 6.09. The van der Waals surface area contributed by atoms with Crippen molar-refractivity contribution in [2.45, 2.75) is 23.5 Å². The van der Waals surface area contributed by atoms with Crippen LogP contribution in [0.3, 0.4) is 0 Å². The smallest absolute Gasteiger partial charge is 0.263 e. The minimum atomic E-state index is -3.80. The van der Waals surface area contributed by atoms with Gasteiger partial charge in [0.15, 0.2) is 0 Å². The van der Waals surface area contributed by atoms with E-state index in [0.29, 0.717) is 37.4 Å². The molecule has 2 saturated heterocycles. The topological polar surface area (TPSA) is 66.9 Å². The summed E-state index contributed by atoms with van der Waals surface area (Å²) in [5.74, 6) is -0.521. The largest absolute Gasteiger partial charge is 0.358 e. The van der Waals surface area contributed by atoms with Crippen LogP contribution in [0.4, 0.5) is 4.39 Å². The van der Waals surface area contributed by atoms with E-state index in [1.807, 2.05) is 11.4 Å². The summed E-state index contributed by atoms with van der Waals surface area (Å²) in [6.45, 7) is 1.40. The first-order valence-corrected chi connectivity index (χ1v) is 11.0. The van der Waals surface area contributed by atoms with Crippen molar-refractivity contribution in [3.8, 4) is 0 Å². The average molecular weight is 410 g/mol. The molecule has 0 aliphatic carbocycles. The van der Waals surface area contributed by atoms with E-state index in [-0.39, 0.29) is 17.3 Å². The maximum Gasteiger partial charge on any atom is 0.263 e. The number of benzene rings is 1. The molecule has 27 heavy (non-hydrogen) atoms. The summed E-state index contributed by atoms with van der Waals surface area (Å²) >= 11 is 1.39. The van der Waals surface area contributed by atoms with Crippen molar-refractivity contribution in [2.24, 2.45) is 0 Å². The van der Waals surface area contributed by atoms with Gasteiger partial charge in [-0.15, -0.1) is 11.3 Å². The van der Waals surface area contributed by atoms with E-state index in [1.165, 1.54) is 27.8 Å². The van der Waals surface area contributed by atoms with Gasteiger partial charge in [-0.3, -0.25) is 4.79 Å². The zero-order valence-electron chi connectivity index (χ0n) is 14.5. The number of nitrogens with zero attached hydrogens (tertiary/aromatic N) is 2. The molecular formula is C18H19FN2O4S2. The Kier molecular flexibility index (Phi) is 4.79. The first-order chi connectivity index (χ1) is 12.9. The molecule has 0 N–H and O–H groups in total. The molecule has 0 unspecified atom stereocenters. The summed E-state index contributed by atoms with van der Waals surface area (Å²) < 4.78 is 46.6. The van der Waals surface area contributed by atoms with Crippen LogP contribution in [-0.2, 0) is 14.8 Å². The van der Waals surface area contributed by atoms with E-state index in [1.54, 1.807) is 11.0 Å². The van der Waals surface area contributed by atoms with Crippen LogP contribution < -0.4 is 0 Å². The highest BCUT2D eigenvalue weighted by Gasteiger charge is 2.51. The Labute approximate surface area is 161 Å². The molecule has 2 aliphatic heterocycles. The van der Waals surface area contributed by atoms with Gasteiger partial charge in [0.1, 0.15) is 11.5 Å². The summed E-state index contributed by atoms with van der Waals surface area (Å²) in [6, 6.07) is 8.44. The lowest BCUT2D eigenvalue weighted by Crippen LogP contribution is -2.55. The molecule has 9 heteroatoms. The number of sulfonamides is 1. The summed E-state index contributed by atoms with van der Waals surface area (Å²) in [4.78, 5) is 15.0. The van der Waals surface area contributed by atoms with Gasteiger partial charge in [0.2, 0.25) is 10.0 Å². The van der Waals surface area contributed by atoms with Crippen LogP contribution in [0.15, 0.2) is 46.7 Å². The van der Waals surface area contributed by atoms with Gasteiger partial charge in [0, 0.05) is 32.5 Å². The minimum Gasteiger partial charge on any atom is -0.358 e. The van der Waals surface area contributed by atoms with E-state index >= 15 is 0 Å². The van der Waals surface area contributed by atoms with Gasteiger partial charge in [-0.25, -0.2) is 12.8 Å². The molecule has 144 valence electrons. The molecule has 1 amide bonds. The second-order valence-corrected chi connectivity index (χ2v) is 9.41. The molecule has 4 rings (SSSR count). The van der Waals surface area contributed by atoms with Gasteiger partial charge < -0.3 is 9.64 Å². The van der Waals surface area contributed by atoms with Gasteiger partial charge in [-0.1, -0.05) is 6.07 Å². The van der Waals surface area contributed by atoms with Crippen molar-refractivity contribution in [2.75, 3.05) is 26.2 Å². The maximum absolute atomic E-state index is 13.2. The monoisotopic (exact) mass is 410 g/mol. The minimum absolute atomic E-state index is 0.0363. The second-order valence-electron chi connectivity index (χ2n) is 6.60. The molecule has 0 atom stereocenters. The number of hydrogen-bond acceptors (Lipinski definition) is 5. The van der Waals surface area contributed by atoms with Crippen molar-refractivity contribution < 1.29 is 22.3 Å². The lowest BCUT2D eigenvalue weighted by atomic mass is 10.0. The van der Waals surface area contributed by atoms with Crippen LogP contribution in [0.1, 0.15) is 22.5 Å². The molecule has 1 aromatic carbocycles. The van der Waals surface area contributed by atoms with Crippen molar-refractivity contribution in [1.82, 2.24) is 9.21 Å². The fraction of sp³-hybridized carbons (Fsp3) is 0.389. The number of rotatable bonds is 3. The van der Waals surface area contributed by atoms with Gasteiger partial charge in [0.25, 0.3) is 5.91 Å². The number of likely N-dealkylation sites (tertiary alicyclic amines) is 1. The molecule has 0 radical (unpaired) electrons. The highest BCUT2D eigenvalue weighted by molar-refractivity contribution is 7.89. The molecule has 1 spiro atoms. The lowest BCUT2D eigenvalue weighted by molar-refractivity contribution is -0.0856. The number of carbonyl (C=O) groups excluding carboxylic acids is 1. The molecular weight excluding hydrogens is 391 g/mol. The maximum atomic E-state index is 13.2. The third-order valence-electron chi connectivity index (χ3n) is 5.09. The van der Waals surface area contributed by atoms with Crippen LogP contribution in [-0.4, -0.2) is 55.5 Å². The van der Waals surface area contributed by atoms with Gasteiger partial charge >= 0.3 is 0 Å². The molecule has 6 nitrogen and oxygen atoms in total. The number of piperidine rings is 1. The summed E-state index contributed by atoms with van der Waals surface area (Å²) in [5, 5.41) is 1.86. The number of carbonyl (C=O) groups is 1. The Bertz CT molecular complexity index is 921. The molecule has 3 heterocycles. The van der Waals surface area contributed by atoms with E-state index in [2.05, 4.69) is 0 Å². The summed E-state index contributed by atoms with van der Waals surface area (Å²) in [5.41, 5.74) is -0.945. The van der Waals surface area contributed by atoms with E-state index in [9.17, 15) is 17.6 Å². The van der Waals surface area contributed by atoms with Gasteiger partial charge in [-0.2, -0.15) is 4.31 Å². The quantitative estimate of drug-likeness (QED) is 0.780. The van der Waals surface area contributed by atoms with Crippen LogP contribution in [0.5, 0.6) is 0 Å². The number of hydrogen-bond donors (Lipinski definition) is 0. The zero-order valence-corrected chi connectivity index (χ0v) is 16.1. The Morgan fingerprint density at radius 2 is 1.81 bits per heavy atom. The first kappa shape index (κ1) is 18.5. The molecule has 1 aromatic heterocycles. The second kappa shape index (κ2) is 6.97. The SMILES string of the molecule is O=C(c1cccs1)N1CCC2(CC1)OCCN2S(=O)(=O)c1ccc(F)cc1. The predicted molar refractivity (Wildman–Crippen MR) is 98.4 cm³/mol. The van der Waals surface area contributed by atoms with E-state index in [0.717, 1.165) is 12.1 Å².